The first-order valence-corrected chi connectivity index (χ1v) is 10.3. The summed E-state index contributed by atoms with van der Waals surface area (Å²) >= 11 is 1.14. The number of benzene rings is 1. The number of thiophene rings is 1. The highest BCUT2D eigenvalue weighted by Crippen LogP contribution is 2.28. The molecule has 0 aliphatic rings. The fourth-order valence-electron chi connectivity index (χ4n) is 2.62. The van der Waals surface area contributed by atoms with Gasteiger partial charge in [0.2, 0.25) is 0 Å². The standard InChI is InChI=1S/C18H20N2O4S2/c1-11-6-5-7-14-12(2)17(24-16(11)14)18(21)19-10-13-8-9-15(25-13)26(22,23)20(3)4/h5-9H,10H2,1-4H3,(H,19,21). The molecule has 0 saturated carbocycles. The summed E-state index contributed by atoms with van der Waals surface area (Å²) in [6, 6.07) is 9.05. The van der Waals surface area contributed by atoms with E-state index in [4.69, 9.17) is 4.42 Å². The number of nitrogens with zero attached hydrogens (tertiary/aromatic N) is 1. The van der Waals surface area contributed by atoms with Gasteiger partial charge in [-0.1, -0.05) is 18.2 Å². The molecular weight excluding hydrogens is 372 g/mol. The lowest BCUT2D eigenvalue weighted by Crippen LogP contribution is -2.22. The molecule has 2 aromatic heterocycles. The number of amides is 1. The summed E-state index contributed by atoms with van der Waals surface area (Å²) in [6.45, 7) is 4.03. The van der Waals surface area contributed by atoms with Gasteiger partial charge in [-0.2, -0.15) is 0 Å². The molecule has 0 spiro atoms. The van der Waals surface area contributed by atoms with Crippen LogP contribution in [0.1, 0.15) is 26.6 Å². The van der Waals surface area contributed by atoms with Crippen molar-refractivity contribution in [2.24, 2.45) is 0 Å². The Hall–Kier alpha value is -2.16. The van der Waals surface area contributed by atoms with Crippen LogP contribution in [-0.4, -0.2) is 32.7 Å². The second-order valence-corrected chi connectivity index (χ2v) is 9.75. The highest BCUT2D eigenvalue weighted by molar-refractivity contribution is 7.91. The van der Waals surface area contributed by atoms with Crippen LogP contribution in [0.15, 0.2) is 39.0 Å². The van der Waals surface area contributed by atoms with Crippen LogP contribution in [0.2, 0.25) is 0 Å². The van der Waals surface area contributed by atoms with Gasteiger partial charge < -0.3 is 9.73 Å². The van der Waals surface area contributed by atoms with E-state index in [1.807, 2.05) is 32.0 Å². The molecule has 0 radical (unpaired) electrons. The Kier molecular flexibility index (Phi) is 4.92. The minimum absolute atomic E-state index is 0.238. The van der Waals surface area contributed by atoms with Crippen LogP contribution in [0.3, 0.4) is 0 Å². The van der Waals surface area contributed by atoms with E-state index in [2.05, 4.69) is 5.32 Å². The van der Waals surface area contributed by atoms with E-state index in [0.29, 0.717) is 5.58 Å². The second kappa shape index (κ2) is 6.86. The molecule has 3 rings (SSSR count). The summed E-state index contributed by atoms with van der Waals surface area (Å²) < 4.78 is 31.4. The average molecular weight is 393 g/mol. The molecule has 0 atom stereocenters. The van der Waals surface area contributed by atoms with Crippen molar-refractivity contribution < 1.29 is 17.6 Å². The number of rotatable bonds is 5. The number of carbonyl (C=O) groups is 1. The summed E-state index contributed by atoms with van der Waals surface area (Å²) in [5.74, 6) is -0.0319. The Balaban J connectivity index is 1.77. The molecule has 0 bridgehead atoms. The van der Waals surface area contributed by atoms with E-state index < -0.39 is 10.0 Å². The second-order valence-electron chi connectivity index (χ2n) is 6.20. The third-order valence-corrected chi connectivity index (χ3v) is 7.53. The molecule has 2 heterocycles. The van der Waals surface area contributed by atoms with Crippen LogP contribution in [-0.2, 0) is 16.6 Å². The fourth-order valence-corrected chi connectivity index (χ4v) is 5.08. The first-order chi connectivity index (χ1) is 12.2. The minimum atomic E-state index is -3.45. The number of furan rings is 1. The third-order valence-electron chi connectivity index (χ3n) is 4.16. The summed E-state index contributed by atoms with van der Waals surface area (Å²) in [6.07, 6.45) is 0. The Labute approximate surface area is 156 Å². The minimum Gasteiger partial charge on any atom is -0.450 e. The number of para-hydroxylation sites is 1. The van der Waals surface area contributed by atoms with Gasteiger partial charge in [0.05, 0.1) is 6.54 Å². The lowest BCUT2D eigenvalue weighted by molar-refractivity contribution is 0.0925. The van der Waals surface area contributed by atoms with Crippen molar-refractivity contribution in [2.75, 3.05) is 14.1 Å². The molecule has 6 nitrogen and oxygen atoms in total. The van der Waals surface area contributed by atoms with Gasteiger partial charge in [-0.25, -0.2) is 12.7 Å². The van der Waals surface area contributed by atoms with E-state index in [9.17, 15) is 13.2 Å². The smallest absolute Gasteiger partial charge is 0.287 e. The van der Waals surface area contributed by atoms with Crippen LogP contribution in [0, 0.1) is 13.8 Å². The number of sulfonamides is 1. The lowest BCUT2D eigenvalue weighted by atomic mass is 10.1. The fraction of sp³-hybridized carbons (Fsp3) is 0.278. The van der Waals surface area contributed by atoms with Crippen molar-refractivity contribution in [3.8, 4) is 0 Å². The first kappa shape index (κ1) is 18.6. The summed E-state index contributed by atoms with van der Waals surface area (Å²) in [5.41, 5.74) is 2.48. The molecular formula is C18H20N2O4S2. The number of hydrogen-bond acceptors (Lipinski definition) is 5. The molecule has 0 saturated heterocycles. The highest BCUT2D eigenvalue weighted by Gasteiger charge is 2.21. The van der Waals surface area contributed by atoms with Crippen molar-refractivity contribution in [3.05, 3.63) is 52.1 Å². The van der Waals surface area contributed by atoms with Gasteiger partial charge in [-0.15, -0.1) is 11.3 Å². The van der Waals surface area contributed by atoms with Crippen LogP contribution < -0.4 is 5.32 Å². The Morgan fingerprint density at radius 2 is 1.92 bits per heavy atom. The SMILES string of the molecule is Cc1c(C(=O)NCc2ccc(S(=O)(=O)N(C)C)s2)oc2c(C)cccc12. The van der Waals surface area contributed by atoms with Gasteiger partial charge in [0, 0.05) is 29.9 Å². The van der Waals surface area contributed by atoms with Gasteiger partial charge in [0.1, 0.15) is 9.79 Å². The quantitative estimate of drug-likeness (QED) is 0.723. The van der Waals surface area contributed by atoms with E-state index in [-0.39, 0.29) is 22.4 Å². The van der Waals surface area contributed by atoms with E-state index >= 15 is 0 Å². The number of nitrogens with one attached hydrogen (secondary N) is 1. The number of hydrogen-bond donors (Lipinski definition) is 1. The number of carbonyl (C=O) groups excluding carboxylic acids is 1. The molecule has 3 aromatic rings. The van der Waals surface area contributed by atoms with Crippen molar-refractivity contribution in [1.29, 1.82) is 0 Å². The summed E-state index contributed by atoms with van der Waals surface area (Å²) in [5, 5.41) is 3.72. The summed E-state index contributed by atoms with van der Waals surface area (Å²) in [4.78, 5) is 13.3. The maximum absolute atomic E-state index is 12.5. The molecule has 8 heteroatoms. The lowest BCUT2D eigenvalue weighted by Gasteiger charge is -2.08. The van der Waals surface area contributed by atoms with Crippen LogP contribution >= 0.6 is 11.3 Å². The molecule has 0 fully saturated rings. The highest BCUT2D eigenvalue weighted by atomic mass is 32.2. The van der Waals surface area contributed by atoms with Gasteiger partial charge in [-0.3, -0.25) is 4.79 Å². The maximum atomic E-state index is 12.5. The van der Waals surface area contributed by atoms with Gasteiger partial charge in [-0.05, 0) is 31.5 Å². The van der Waals surface area contributed by atoms with Crippen molar-refractivity contribution in [3.63, 3.8) is 0 Å². The predicted molar refractivity (Wildman–Crippen MR) is 102 cm³/mol. The monoisotopic (exact) mass is 392 g/mol. The van der Waals surface area contributed by atoms with E-state index in [1.165, 1.54) is 18.4 Å². The molecule has 1 N–H and O–H groups in total. The van der Waals surface area contributed by atoms with Gasteiger partial charge >= 0.3 is 0 Å². The topological polar surface area (TPSA) is 79.6 Å². The van der Waals surface area contributed by atoms with Crippen molar-refractivity contribution in [2.45, 2.75) is 24.6 Å². The van der Waals surface area contributed by atoms with E-state index in [1.54, 1.807) is 12.1 Å². The molecule has 0 aliphatic heterocycles. The number of aryl methyl sites for hydroxylation is 2. The molecule has 138 valence electrons. The predicted octanol–water partition coefficient (Wildman–Crippen LogP) is 3.29. The van der Waals surface area contributed by atoms with Gasteiger partial charge in [0.25, 0.3) is 15.9 Å². The van der Waals surface area contributed by atoms with E-state index in [0.717, 1.165) is 32.7 Å². The molecule has 1 aromatic carbocycles. The average Bonchev–Trinajstić information content (AvgIpc) is 3.19. The van der Waals surface area contributed by atoms with Crippen molar-refractivity contribution >= 4 is 38.2 Å². The largest absolute Gasteiger partial charge is 0.450 e. The molecule has 0 aliphatic carbocycles. The maximum Gasteiger partial charge on any atom is 0.287 e. The summed E-state index contributed by atoms with van der Waals surface area (Å²) in [7, 11) is -0.477. The number of fused-ring (bicyclic) bond motifs is 1. The molecule has 0 unspecified atom stereocenters. The first-order valence-electron chi connectivity index (χ1n) is 8.00. The Morgan fingerprint density at radius 1 is 1.19 bits per heavy atom. The Morgan fingerprint density at radius 3 is 2.58 bits per heavy atom. The van der Waals surface area contributed by atoms with Crippen molar-refractivity contribution in [1.82, 2.24) is 9.62 Å². The Bertz CT molecular complexity index is 1080. The van der Waals surface area contributed by atoms with Crippen LogP contribution in [0.4, 0.5) is 0 Å². The normalized spacial score (nSPS) is 12.0. The zero-order chi connectivity index (χ0) is 19.1. The molecule has 26 heavy (non-hydrogen) atoms. The van der Waals surface area contributed by atoms with Crippen LogP contribution in [0.5, 0.6) is 0 Å². The zero-order valence-corrected chi connectivity index (χ0v) is 16.6. The van der Waals surface area contributed by atoms with Gasteiger partial charge in [0.15, 0.2) is 5.76 Å². The third kappa shape index (κ3) is 3.27. The zero-order valence-electron chi connectivity index (χ0n) is 15.0. The van der Waals surface area contributed by atoms with Crippen LogP contribution in [0.25, 0.3) is 11.0 Å². The molecule has 1 amide bonds.